The number of amides is 1. The molecule has 4 nitrogen and oxygen atoms in total. The normalized spacial score (nSPS) is 10.9. The third-order valence-electron chi connectivity index (χ3n) is 3.35. The average molecular weight is 309 g/mol. The lowest BCUT2D eigenvalue weighted by molar-refractivity contribution is 0.0769. The number of hydrogen-bond acceptors (Lipinski definition) is 3. The fourth-order valence-electron chi connectivity index (χ4n) is 2.17. The number of aryl methyl sites for hydroxylation is 1. The van der Waals surface area contributed by atoms with Crippen molar-refractivity contribution < 1.29 is 9.18 Å². The van der Waals surface area contributed by atoms with Crippen LogP contribution in [0.15, 0.2) is 18.2 Å². The fraction of sp³-hybridized carbons (Fsp3) is 0.467. The first-order chi connectivity index (χ1) is 10.1. The monoisotopic (exact) mass is 309 g/mol. The Hall–Kier alpha value is -1.69. The number of thiophene rings is 1. The van der Waals surface area contributed by atoms with Crippen molar-refractivity contribution in [2.45, 2.75) is 26.9 Å². The van der Waals surface area contributed by atoms with Gasteiger partial charge in [-0.05, 0) is 31.5 Å². The molecule has 2 rings (SSSR count). The number of halogens is 1. The van der Waals surface area contributed by atoms with Crippen LogP contribution in [0.4, 0.5) is 4.39 Å². The number of aromatic nitrogens is 2. The molecule has 0 saturated carbocycles. The third kappa shape index (κ3) is 3.32. The van der Waals surface area contributed by atoms with Crippen molar-refractivity contribution in [3.8, 4) is 10.6 Å². The van der Waals surface area contributed by atoms with Crippen molar-refractivity contribution in [1.29, 1.82) is 0 Å². The van der Waals surface area contributed by atoms with Crippen LogP contribution in [0.5, 0.6) is 0 Å². The van der Waals surface area contributed by atoms with E-state index >= 15 is 0 Å². The molecule has 21 heavy (non-hydrogen) atoms. The summed E-state index contributed by atoms with van der Waals surface area (Å²) >= 11 is 1.41. The minimum Gasteiger partial charge on any atom is -0.338 e. The maximum atomic E-state index is 12.8. The van der Waals surface area contributed by atoms with Crippen molar-refractivity contribution in [2.24, 2.45) is 7.05 Å². The zero-order valence-corrected chi connectivity index (χ0v) is 13.4. The van der Waals surface area contributed by atoms with E-state index in [1.54, 1.807) is 13.1 Å². The zero-order valence-electron chi connectivity index (χ0n) is 12.6. The van der Waals surface area contributed by atoms with Crippen LogP contribution in [-0.4, -0.2) is 33.7 Å². The van der Waals surface area contributed by atoms with Crippen LogP contribution in [0.3, 0.4) is 0 Å². The topological polar surface area (TPSA) is 38.1 Å². The van der Waals surface area contributed by atoms with Crippen LogP contribution >= 0.6 is 11.3 Å². The van der Waals surface area contributed by atoms with E-state index in [-0.39, 0.29) is 5.91 Å². The van der Waals surface area contributed by atoms with Crippen LogP contribution in [-0.2, 0) is 13.7 Å². The highest BCUT2D eigenvalue weighted by molar-refractivity contribution is 7.17. The molecule has 0 aromatic carbocycles. The van der Waals surface area contributed by atoms with Gasteiger partial charge in [0.05, 0.1) is 15.4 Å². The number of carbonyl (C=O) groups excluding carboxylic acids is 1. The Kier molecular flexibility index (Phi) is 5.12. The summed E-state index contributed by atoms with van der Waals surface area (Å²) in [5.74, 6) is 0.0530. The molecule has 0 saturated heterocycles. The summed E-state index contributed by atoms with van der Waals surface area (Å²) in [6.07, 6.45) is 0.942. The van der Waals surface area contributed by atoms with Gasteiger partial charge in [0.2, 0.25) is 0 Å². The van der Waals surface area contributed by atoms with Crippen LogP contribution in [0, 0.1) is 0 Å². The van der Waals surface area contributed by atoms with E-state index < -0.39 is 6.67 Å². The molecule has 0 fully saturated rings. The van der Waals surface area contributed by atoms with Gasteiger partial charge in [-0.2, -0.15) is 5.10 Å². The second-order valence-corrected chi connectivity index (χ2v) is 5.91. The minimum absolute atomic E-state index is 0.0530. The Morgan fingerprint density at radius 2 is 2.19 bits per heavy atom. The van der Waals surface area contributed by atoms with Gasteiger partial charge in [-0.15, -0.1) is 11.3 Å². The molecule has 2 heterocycles. The molecule has 0 atom stereocenters. The summed E-state index contributed by atoms with van der Waals surface area (Å²) < 4.78 is 14.3. The molecule has 0 aliphatic carbocycles. The van der Waals surface area contributed by atoms with Crippen LogP contribution in [0.25, 0.3) is 10.6 Å². The first-order valence-corrected chi connectivity index (χ1v) is 7.90. The number of rotatable bonds is 6. The predicted octanol–water partition coefficient (Wildman–Crippen LogP) is 3.49. The highest BCUT2D eigenvalue weighted by Crippen LogP contribution is 2.28. The second-order valence-electron chi connectivity index (χ2n) is 4.83. The van der Waals surface area contributed by atoms with Gasteiger partial charge in [-0.25, -0.2) is 4.39 Å². The number of alkyl halides is 1. The van der Waals surface area contributed by atoms with E-state index in [4.69, 9.17) is 0 Å². The minimum atomic E-state index is -0.541. The van der Waals surface area contributed by atoms with Crippen molar-refractivity contribution in [3.05, 3.63) is 28.8 Å². The molecule has 0 unspecified atom stereocenters. The standard InChI is InChI=1S/C15H20FN3OS/c1-4-8-19(5-2)15(20)14-7-6-13(21-14)12-9-11(10-16)18(3)17-12/h6-7,9H,4-5,8,10H2,1-3H3. The van der Waals surface area contributed by atoms with Crippen molar-refractivity contribution in [1.82, 2.24) is 14.7 Å². The molecule has 0 N–H and O–H groups in total. The molecule has 2 aromatic rings. The van der Waals surface area contributed by atoms with Crippen molar-refractivity contribution >= 4 is 17.2 Å². The van der Waals surface area contributed by atoms with E-state index in [0.717, 1.165) is 17.8 Å². The van der Waals surface area contributed by atoms with Gasteiger partial charge in [0.1, 0.15) is 12.4 Å². The van der Waals surface area contributed by atoms with Gasteiger partial charge in [-0.1, -0.05) is 6.92 Å². The van der Waals surface area contributed by atoms with E-state index in [1.165, 1.54) is 16.0 Å². The Bertz CT molecular complexity index is 620. The molecular formula is C15H20FN3OS. The van der Waals surface area contributed by atoms with E-state index in [1.807, 2.05) is 24.0 Å². The van der Waals surface area contributed by atoms with Crippen LogP contribution in [0.1, 0.15) is 35.6 Å². The summed E-state index contributed by atoms with van der Waals surface area (Å²) in [7, 11) is 1.72. The van der Waals surface area contributed by atoms with Gasteiger partial charge in [-0.3, -0.25) is 9.48 Å². The van der Waals surface area contributed by atoms with Gasteiger partial charge >= 0.3 is 0 Å². The Morgan fingerprint density at radius 1 is 1.43 bits per heavy atom. The summed E-state index contributed by atoms with van der Waals surface area (Å²) in [6, 6.07) is 5.43. The maximum Gasteiger partial charge on any atom is 0.263 e. The number of hydrogen-bond donors (Lipinski definition) is 0. The van der Waals surface area contributed by atoms with Crippen molar-refractivity contribution in [2.75, 3.05) is 13.1 Å². The zero-order chi connectivity index (χ0) is 15.4. The lowest BCUT2D eigenvalue weighted by Crippen LogP contribution is -2.30. The third-order valence-corrected chi connectivity index (χ3v) is 4.44. The molecule has 6 heteroatoms. The molecular weight excluding hydrogens is 289 g/mol. The lowest BCUT2D eigenvalue weighted by atomic mass is 10.3. The smallest absolute Gasteiger partial charge is 0.263 e. The first kappa shape index (κ1) is 15.7. The van der Waals surface area contributed by atoms with Gasteiger partial charge < -0.3 is 4.90 Å². The summed E-state index contributed by atoms with van der Waals surface area (Å²) in [4.78, 5) is 15.8. The number of carbonyl (C=O) groups is 1. The largest absolute Gasteiger partial charge is 0.338 e. The van der Waals surface area contributed by atoms with E-state index in [2.05, 4.69) is 12.0 Å². The summed E-state index contributed by atoms with van der Waals surface area (Å²) in [5.41, 5.74) is 1.25. The van der Waals surface area contributed by atoms with E-state index in [9.17, 15) is 9.18 Å². The molecule has 0 aliphatic heterocycles. The van der Waals surface area contributed by atoms with Crippen LogP contribution < -0.4 is 0 Å². The van der Waals surface area contributed by atoms with Crippen LogP contribution in [0.2, 0.25) is 0 Å². The lowest BCUT2D eigenvalue weighted by Gasteiger charge is -2.18. The molecule has 0 aliphatic rings. The van der Waals surface area contributed by atoms with Crippen molar-refractivity contribution in [3.63, 3.8) is 0 Å². The SMILES string of the molecule is CCCN(CC)C(=O)c1ccc(-c2cc(CF)n(C)n2)s1. The average Bonchev–Trinajstić information content (AvgIpc) is 3.10. The first-order valence-electron chi connectivity index (χ1n) is 7.09. The fourth-order valence-corrected chi connectivity index (χ4v) is 3.10. The molecule has 0 radical (unpaired) electrons. The van der Waals surface area contributed by atoms with Gasteiger partial charge in [0.25, 0.3) is 5.91 Å². The highest BCUT2D eigenvalue weighted by Gasteiger charge is 2.17. The highest BCUT2D eigenvalue weighted by atomic mass is 32.1. The summed E-state index contributed by atoms with van der Waals surface area (Å²) in [5, 5.41) is 4.29. The molecule has 0 bridgehead atoms. The van der Waals surface area contributed by atoms with Gasteiger partial charge in [0.15, 0.2) is 0 Å². The molecule has 114 valence electrons. The maximum absolute atomic E-state index is 12.8. The molecule has 0 spiro atoms. The number of nitrogens with zero attached hydrogens (tertiary/aromatic N) is 3. The van der Waals surface area contributed by atoms with E-state index in [0.29, 0.717) is 22.8 Å². The molecule has 2 aromatic heterocycles. The second kappa shape index (κ2) is 6.85. The summed E-state index contributed by atoms with van der Waals surface area (Å²) in [6.45, 7) is 4.96. The molecule has 1 amide bonds. The van der Waals surface area contributed by atoms with Gasteiger partial charge in [0, 0.05) is 20.1 Å². The predicted molar refractivity (Wildman–Crippen MR) is 83.2 cm³/mol. The Labute approximate surface area is 128 Å². The Balaban J connectivity index is 2.22. The quantitative estimate of drug-likeness (QED) is 0.819. The Morgan fingerprint density at radius 3 is 2.76 bits per heavy atom.